The molecule has 2 heteroatoms. The minimum atomic E-state index is 0.295. The van der Waals surface area contributed by atoms with E-state index in [9.17, 15) is 4.79 Å². The van der Waals surface area contributed by atoms with Crippen LogP contribution in [0.2, 0.25) is 0 Å². The highest BCUT2D eigenvalue weighted by molar-refractivity contribution is 5.80. The van der Waals surface area contributed by atoms with Crippen molar-refractivity contribution < 1.29 is 4.79 Å². The molecular weight excluding hydrogens is 222 g/mol. The van der Waals surface area contributed by atoms with E-state index in [1.54, 1.807) is 5.56 Å². The van der Waals surface area contributed by atoms with Gasteiger partial charge in [0.25, 0.3) is 0 Å². The number of carbonyl (C=O) groups excluding carboxylic acids is 1. The maximum Gasteiger partial charge on any atom is 0.223 e. The summed E-state index contributed by atoms with van der Waals surface area (Å²) >= 11 is 0. The van der Waals surface area contributed by atoms with E-state index in [0.717, 1.165) is 19.4 Å². The first-order chi connectivity index (χ1) is 8.79. The number of fused-ring (bicyclic) bond motifs is 2. The molecule has 1 aromatic carbocycles. The van der Waals surface area contributed by atoms with Gasteiger partial charge in [0.15, 0.2) is 0 Å². The van der Waals surface area contributed by atoms with Crippen LogP contribution in [0.15, 0.2) is 24.3 Å². The molecule has 3 aliphatic carbocycles. The summed E-state index contributed by atoms with van der Waals surface area (Å²) in [5.74, 6) is 1.32. The van der Waals surface area contributed by atoms with E-state index in [1.165, 1.54) is 24.8 Å². The number of aryl methyl sites for hydroxylation is 1. The monoisotopic (exact) mass is 241 g/mol. The molecule has 1 amide bonds. The fourth-order valence-electron chi connectivity index (χ4n) is 3.71. The standard InChI is InChI=1S/C16H19NO/c18-15(12-5-6-12)17-10-13-9-16(13)8-7-11-3-1-2-4-14(11)16/h1-4,12-13H,5-10H2,(H,17,18)/t13-,16-/m1/s1. The van der Waals surface area contributed by atoms with Gasteiger partial charge in [0, 0.05) is 17.9 Å². The maximum absolute atomic E-state index is 11.7. The zero-order valence-corrected chi connectivity index (χ0v) is 10.6. The fourth-order valence-corrected chi connectivity index (χ4v) is 3.71. The summed E-state index contributed by atoms with van der Waals surface area (Å²) in [4.78, 5) is 11.7. The van der Waals surface area contributed by atoms with Crippen LogP contribution in [-0.2, 0) is 16.6 Å². The Hall–Kier alpha value is -1.31. The Labute approximate surface area is 108 Å². The van der Waals surface area contributed by atoms with Gasteiger partial charge in [-0.2, -0.15) is 0 Å². The molecule has 0 heterocycles. The van der Waals surface area contributed by atoms with Gasteiger partial charge in [0.05, 0.1) is 0 Å². The van der Waals surface area contributed by atoms with E-state index in [1.807, 2.05) is 0 Å². The molecule has 1 spiro atoms. The van der Waals surface area contributed by atoms with Crippen molar-refractivity contribution in [1.29, 1.82) is 0 Å². The van der Waals surface area contributed by atoms with Crippen molar-refractivity contribution in [3.63, 3.8) is 0 Å². The van der Waals surface area contributed by atoms with Crippen LogP contribution in [0.25, 0.3) is 0 Å². The summed E-state index contributed by atoms with van der Waals surface area (Å²) in [5.41, 5.74) is 3.53. The SMILES string of the molecule is O=C(NC[C@H]1C[C@]12CCc1ccccc12)C1CC1. The molecule has 0 radical (unpaired) electrons. The first-order valence-corrected chi connectivity index (χ1v) is 7.16. The molecule has 0 bridgehead atoms. The van der Waals surface area contributed by atoms with Gasteiger partial charge >= 0.3 is 0 Å². The predicted octanol–water partition coefficient (Wildman–Crippen LogP) is 2.42. The highest BCUT2D eigenvalue weighted by Gasteiger charge is 2.57. The third-order valence-electron chi connectivity index (χ3n) is 5.10. The molecule has 2 fully saturated rings. The number of nitrogens with one attached hydrogen (secondary N) is 1. The first-order valence-electron chi connectivity index (χ1n) is 7.16. The first kappa shape index (κ1) is 10.6. The van der Waals surface area contributed by atoms with E-state index in [2.05, 4.69) is 29.6 Å². The van der Waals surface area contributed by atoms with Crippen molar-refractivity contribution in [2.24, 2.45) is 11.8 Å². The van der Waals surface area contributed by atoms with Gasteiger partial charge in [-0.15, -0.1) is 0 Å². The average molecular weight is 241 g/mol. The van der Waals surface area contributed by atoms with Crippen molar-refractivity contribution in [1.82, 2.24) is 5.32 Å². The number of benzene rings is 1. The summed E-state index contributed by atoms with van der Waals surface area (Å²) in [6, 6.07) is 8.86. The van der Waals surface area contributed by atoms with Gasteiger partial charge in [0.2, 0.25) is 5.91 Å². The quantitative estimate of drug-likeness (QED) is 0.865. The number of hydrogen-bond acceptors (Lipinski definition) is 1. The van der Waals surface area contributed by atoms with Crippen LogP contribution in [0.5, 0.6) is 0 Å². The van der Waals surface area contributed by atoms with Gasteiger partial charge in [-0.25, -0.2) is 0 Å². The second kappa shape index (κ2) is 3.59. The zero-order valence-electron chi connectivity index (χ0n) is 10.6. The number of rotatable bonds is 3. The van der Waals surface area contributed by atoms with Crippen molar-refractivity contribution >= 4 is 5.91 Å². The predicted molar refractivity (Wildman–Crippen MR) is 70.3 cm³/mol. The second-order valence-electron chi connectivity index (χ2n) is 6.23. The van der Waals surface area contributed by atoms with Crippen molar-refractivity contribution in [2.45, 2.75) is 37.5 Å². The average Bonchev–Trinajstić information content (AvgIpc) is 3.28. The van der Waals surface area contributed by atoms with Gasteiger partial charge in [0.1, 0.15) is 0 Å². The molecule has 4 rings (SSSR count). The van der Waals surface area contributed by atoms with Crippen LogP contribution in [0.4, 0.5) is 0 Å². The van der Waals surface area contributed by atoms with Crippen LogP contribution in [0, 0.1) is 11.8 Å². The molecule has 2 nitrogen and oxygen atoms in total. The molecule has 18 heavy (non-hydrogen) atoms. The largest absolute Gasteiger partial charge is 0.356 e. The Morgan fingerprint density at radius 3 is 3.00 bits per heavy atom. The fraction of sp³-hybridized carbons (Fsp3) is 0.562. The number of carbonyl (C=O) groups is 1. The molecule has 0 saturated heterocycles. The molecule has 0 aromatic heterocycles. The third-order valence-corrected chi connectivity index (χ3v) is 5.10. The summed E-state index contributed by atoms with van der Waals surface area (Å²) in [5, 5.41) is 3.15. The molecule has 3 aliphatic rings. The summed E-state index contributed by atoms with van der Waals surface area (Å²) in [6.07, 6.45) is 5.99. The van der Waals surface area contributed by atoms with E-state index in [0.29, 0.717) is 23.2 Å². The Morgan fingerprint density at radius 1 is 1.33 bits per heavy atom. The van der Waals surface area contributed by atoms with Crippen molar-refractivity contribution in [3.05, 3.63) is 35.4 Å². The smallest absolute Gasteiger partial charge is 0.223 e. The van der Waals surface area contributed by atoms with Crippen molar-refractivity contribution in [3.8, 4) is 0 Å². The summed E-state index contributed by atoms with van der Waals surface area (Å²) in [6.45, 7) is 0.893. The highest BCUT2D eigenvalue weighted by Crippen LogP contribution is 2.61. The van der Waals surface area contributed by atoms with Crippen LogP contribution < -0.4 is 5.32 Å². The van der Waals surface area contributed by atoms with Gasteiger partial charge in [-0.05, 0) is 49.1 Å². The van der Waals surface area contributed by atoms with Crippen molar-refractivity contribution in [2.75, 3.05) is 6.54 Å². The summed E-state index contributed by atoms with van der Waals surface area (Å²) in [7, 11) is 0. The lowest BCUT2D eigenvalue weighted by Crippen LogP contribution is -2.28. The third kappa shape index (κ3) is 1.51. The lowest BCUT2D eigenvalue weighted by atomic mass is 9.95. The highest BCUT2D eigenvalue weighted by atomic mass is 16.2. The Balaban J connectivity index is 1.44. The Kier molecular flexibility index (Phi) is 2.12. The number of hydrogen-bond donors (Lipinski definition) is 1. The topological polar surface area (TPSA) is 29.1 Å². The minimum absolute atomic E-state index is 0.295. The Morgan fingerprint density at radius 2 is 2.17 bits per heavy atom. The van der Waals surface area contributed by atoms with E-state index >= 15 is 0 Å². The van der Waals surface area contributed by atoms with Gasteiger partial charge < -0.3 is 5.32 Å². The molecule has 1 aromatic rings. The molecule has 2 atom stereocenters. The van der Waals surface area contributed by atoms with Crippen LogP contribution in [0.3, 0.4) is 0 Å². The molecule has 0 unspecified atom stereocenters. The van der Waals surface area contributed by atoms with Crippen LogP contribution >= 0.6 is 0 Å². The van der Waals surface area contributed by atoms with Crippen LogP contribution in [0.1, 0.15) is 36.8 Å². The van der Waals surface area contributed by atoms with Gasteiger partial charge in [-0.3, -0.25) is 4.79 Å². The van der Waals surface area contributed by atoms with Crippen LogP contribution in [-0.4, -0.2) is 12.5 Å². The molecule has 0 aliphatic heterocycles. The summed E-state index contributed by atoms with van der Waals surface area (Å²) < 4.78 is 0. The Bertz CT molecular complexity index is 506. The van der Waals surface area contributed by atoms with E-state index in [-0.39, 0.29) is 0 Å². The normalized spacial score (nSPS) is 32.3. The zero-order chi connectivity index (χ0) is 12.2. The molecular formula is C16H19NO. The maximum atomic E-state index is 11.7. The minimum Gasteiger partial charge on any atom is -0.356 e. The van der Waals surface area contributed by atoms with Gasteiger partial charge in [-0.1, -0.05) is 24.3 Å². The van der Waals surface area contributed by atoms with E-state index in [4.69, 9.17) is 0 Å². The van der Waals surface area contributed by atoms with E-state index < -0.39 is 0 Å². The molecule has 94 valence electrons. The molecule has 2 saturated carbocycles. The lowest BCUT2D eigenvalue weighted by molar-refractivity contribution is -0.122. The second-order valence-corrected chi connectivity index (χ2v) is 6.23. The number of amides is 1. The lowest BCUT2D eigenvalue weighted by Gasteiger charge is -2.12. The molecule has 1 N–H and O–H groups in total.